The van der Waals surface area contributed by atoms with Gasteiger partial charge in [-0.25, -0.2) is 0 Å². The fourth-order valence-corrected chi connectivity index (χ4v) is 8.08. The standard InChI is InChI=1S/C28H50O7.C8H17NO2.2H2O.V/c1-10-22-28(9,32)26(30)19(6)13-16(3)11-15(2)12-18(5)25(20(7)27(31)34-22)35-23-14-17(4)24(29)21(8)33-23;1-6-4-7(9(2)3)5-8(10)11-6;;;/h15-26,29-30,32H,10-12,14H2,1-9H3;6-8,10H,4-5H2,1-3H3;2*1H2;/t15-,16+,17-,18?,19-,20?,21-,22+,23-,24+,25?,26+,28+;6?,7?,8-;;;/m01.../s1. The third kappa shape index (κ3) is 13.5. The molecule has 49 heavy (non-hydrogen) atoms. The molecular weight excluding hydrogens is 673 g/mol. The maximum Gasteiger partial charge on any atom is -0.412 e. The van der Waals surface area contributed by atoms with Gasteiger partial charge in [0.2, 0.25) is 0 Å². The molecule has 3 aliphatic rings. The van der Waals surface area contributed by atoms with Crippen molar-refractivity contribution in [1.82, 2.24) is 4.90 Å². The summed E-state index contributed by atoms with van der Waals surface area (Å²) in [6.07, 6.45) is 0.263. The summed E-state index contributed by atoms with van der Waals surface area (Å²) in [6, 6.07) is 0.466. The number of aliphatic hydroxyl groups excluding tert-OH is 3. The van der Waals surface area contributed by atoms with E-state index in [-0.39, 0.29) is 46.8 Å². The number of carbonyl (C=O) groups is 1. The summed E-state index contributed by atoms with van der Waals surface area (Å²) in [7, 11) is 4.07. The average Bonchev–Trinajstić information content (AvgIpc) is 2.98. The van der Waals surface area contributed by atoms with E-state index in [9.17, 15) is 25.2 Å². The number of esters is 1. The number of aliphatic hydroxyl groups is 4. The Labute approximate surface area is 304 Å². The zero-order valence-corrected chi connectivity index (χ0v) is 33.5. The Morgan fingerprint density at radius 2 is 1.47 bits per heavy atom. The van der Waals surface area contributed by atoms with E-state index in [0.29, 0.717) is 24.8 Å². The SMILES string of the molecule is CC1CC(N(C)C)C[C@H](O)O1.CC[C@H]1OC(=O)C(C)C(O[C@H]2C[C@H](C)[C@@H](O)[C@H](C)O2)C(C)C[C@@H](C)C[C@@H](C)[C](=[V])[C@H](C)[C@@H](O)[C@]1(C)O.O.O. The number of rotatable bonds is 4. The maximum atomic E-state index is 13.4. The average molecular weight is 745 g/mol. The van der Waals surface area contributed by atoms with E-state index in [2.05, 4.69) is 42.7 Å². The van der Waals surface area contributed by atoms with Crippen LogP contribution in [0.5, 0.6) is 0 Å². The summed E-state index contributed by atoms with van der Waals surface area (Å²) >= 11 is 2.60. The van der Waals surface area contributed by atoms with Crippen molar-refractivity contribution in [3.63, 3.8) is 0 Å². The third-order valence-electron chi connectivity index (χ3n) is 10.8. The quantitative estimate of drug-likeness (QED) is 0.310. The molecular formula is C36H71NO11V. The summed E-state index contributed by atoms with van der Waals surface area (Å²) in [6.45, 7) is 19.4. The van der Waals surface area contributed by atoms with Gasteiger partial charge >= 0.3 is 222 Å². The number of nitrogens with zero attached hydrogens (tertiary/aromatic N) is 1. The van der Waals surface area contributed by atoms with Gasteiger partial charge in [-0.3, -0.25) is 0 Å². The van der Waals surface area contributed by atoms with E-state index in [1.54, 1.807) is 6.92 Å². The minimum atomic E-state index is -1.61. The molecule has 13 heteroatoms. The minimum Gasteiger partial charge on any atom is -0.412 e. The number of carbonyl (C=O) groups excluding carboxylic acids is 1. The van der Waals surface area contributed by atoms with E-state index < -0.39 is 54.5 Å². The Hall–Kier alpha value is -0.476. The third-order valence-corrected chi connectivity index (χ3v) is 12.1. The maximum absolute atomic E-state index is 13.4. The van der Waals surface area contributed by atoms with Gasteiger partial charge in [0.25, 0.3) is 0 Å². The van der Waals surface area contributed by atoms with Gasteiger partial charge in [0, 0.05) is 12.5 Å². The Morgan fingerprint density at radius 3 is 1.98 bits per heavy atom. The van der Waals surface area contributed by atoms with E-state index >= 15 is 0 Å². The molecule has 0 amide bonds. The number of ether oxygens (including phenoxy) is 4. The van der Waals surface area contributed by atoms with Crippen LogP contribution >= 0.6 is 0 Å². The van der Waals surface area contributed by atoms with Crippen molar-refractivity contribution in [2.45, 2.75) is 169 Å². The van der Waals surface area contributed by atoms with Crippen LogP contribution in [-0.2, 0) is 40.7 Å². The second-order valence-electron chi connectivity index (χ2n) is 15.5. The van der Waals surface area contributed by atoms with Crippen molar-refractivity contribution in [2.75, 3.05) is 14.1 Å². The van der Waals surface area contributed by atoms with Crippen LogP contribution in [-0.4, -0.2) is 121 Å². The Kier molecular flexibility index (Phi) is 21.1. The molecule has 5 unspecified atom stereocenters. The van der Waals surface area contributed by atoms with E-state index in [4.69, 9.17) is 18.9 Å². The summed E-state index contributed by atoms with van der Waals surface area (Å²) in [5.41, 5.74) is -1.61. The monoisotopic (exact) mass is 744 g/mol. The van der Waals surface area contributed by atoms with Gasteiger partial charge in [-0.2, -0.15) is 0 Å². The molecule has 291 valence electrons. The number of cyclic esters (lactones) is 1. The molecule has 0 spiro atoms. The molecule has 3 heterocycles. The van der Waals surface area contributed by atoms with Crippen LogP contribution in [0.3, 0.4) is 0 Å². The molecule has 0 bridgehead atoms. The van der Waals surface area contributed by atoms with Crippen molar-refractivity contribution >= 4 is 10.2 Å². The molecule has 3 aliphatic heterocycles. The van der Waals surface area contributed by atoms with Crippen LogP contribution in [0.15, 0.2) is 0 Å². The van der Waals surface area contributed by atoms with Crippen LogP contribution < -0.4 is 0 Å². The van der Waals surface area contributed by atoms with Crippen molar-refractivity contribution in [2.24, 2.45) is 35.5 Å². The van der Waals surface area contributed by atoms with Crippen LogP contribution in [0.4, 0.5) is 0 Å². The van der Waals surface area contributed by atoms with Crippen molar-refractivity contribution in [3.05, 3.63) is 0 Å². The second-order valence-corrected chi connectivity index (χ2v) is 16.3. The number of hydrogen-bond acceptors (Lipinski definition) is 10. The zero-order chi connectivity index (χ0) is 36.0. The predicted octanol–water partition coefficient (Wildman–Crippen LogP) is 2.42. The zero-order valence-electron chi connectivity index (χ0n) is 32.1. The molecule has 16 atom stereocenters. The fourth-order valence-electron chi connectivity index (χ4n) is 7.70. The van der Waals surface area contributed by atoms with Crippen molar-refractivity contribution in [3.8, 4) is 0 Å². The molecule has 12 nitrogen and oxygen atoms in total. The first-order valence-corrected chi connectivity index (χ1v) is 18.6. The van der Waals surface area contributed by atoms with Gasteiger partial charge in [-0.05, 0) is 27.4 Å². The Bertz CT molecular complexity index is 965. The predicted molar refractivity (Wildman–Crippen MR) is 186 cm³/mol. The van der Waals surface area contributed by atoms with Crippen LogP contribution in [0, 0.1) is 35.5 Å². The molecule has 0 aliphatic carbocycles. The number of hydrogen-bond donors (Lipinski definition) is 4. The molecule has 0 aromatic heterocycles. The van der Waals surface area contributed by atoms with E-state index in [0.717, 1.165) is 29.9 Å². The van der Waals surface area contributed by atoms with Crippen molar-refractivity contribution < 1.29 is 72.1 Å². The fraction of sp³-hybridized carbons (Fsp3) is 0.944. The van der Waals surface area contributed by atoms with Crippen LogP contribution in [0.1, 0.15) is 108 Å². The molecule has 8 N–H and O–H groups in total. The summed E-state index contributed by atoms with van der Waals surface area (Å²) in [5.74, 6) is -0.659. The second kappa shape index (κ2) is 21.3. The Balaban J connectivity index is 0.00000151. The summed E-state index contributed by atoms with van der Waals surface area (Å²) in [4.78, 5) is 15.6. The van der Waals surface area contributed by atoms with Gasteiger partial charge in [0.1, 0.15) is 0 Å². The first-order chi connectivity index (χ1) is 21.7. The summed E-state index contributed by atoms with van der Waals surface area (Å²) < 4.78 is 24.6. The topological polar surface area (TPSA) is 201 Å². The van der Waals surface area contributed by atoms with Gasteiger partial charge in [-0.15, -0.1) is 0 Å². The van der Waals surface area contributed by atoms with Gasteiger partial charge in [-0.1, -0.05) is 0 Å². The molecule has 0 saturated carbocycles. The summed E-state index contributed by atoms with van der Waals surface area (Å²) in [5, 5.41) is 42.1. The first-order valence-electron chi connectivity index (χ1n) is 17.9. The minimum absolute atomic E-state index is 0. The van der Waals surface area contributed by atoms with Crippen LogP contribution in [0.25, 0.3) is 0 Å². The molecule has 3 rings (SSSR count). The van der Waals surface area contributed by atoms with Gasteiger partial charge in [0.15, 0.2) is 6.29 Å². The van der Waals surface area contributed by atoms with Gasteiger partial charge in [0.05, 0.1) is 6.10 Å². The molecule has 0 radical (unpaired) electrons. The van der Waals surface area contributed by atoms with Crippen LogP contribution in [0.2, 0.25) is 0 Å². The van der Waals surface area contributed by atoms with Crippen molar-refractivity contribution in [1.29, 1.82) is 0 Å². The molecule has 3 saturated heterocycles. The van der Waals surface area contributed by atoms with E-state index in [1.807, 2.05) is 55.6 Å². The molecule has 0 aromatic carbocycles. The van der Waals surface area contributed by atoms with E-state index in [1.165, 1.54) is 0 Å². The molecule has 3 fully saturated rings. The smallest absolute Gasteiger partial charge is 0.412 e. The first kappa shape index (κ1) is 48.5. The molecule has 0 aromatic rings. The Morgan fingerprint density at radius 1 is 0.878 bits per heavy atom. The largest absolute Gasteiger partial charge is 0.412 e. The normalized spacial score (nSPS) is 44.3. The van der Waals surface area contributed by atoms with Gasteiger partial charge < -0.3 is 30.8 Å².